The van der Waals surface area contributed by atoms with Crippen molar-refractivity contribution in [3.05, 3.63) is 99.6 Å². The first kappa shape index (κ1) is 26.6. The third kappa shape index (κ3) is 4.91. The molecule has 0 spiro atoms. The molecule has 37 heavy (non-hydrogen) atoms. The number of nitrogens with two attached hydrogens (primary N) is 1. The molecule has 0 saturated carbocycles. The lowest BCUT2D eigenvalue weighted by Crippen LogP contribution is -2.23. The Balaban J connectivity index is 0.00000160. The van der Waals surface area contributed by atoms with Crippen molar-refractivity contribution in [2.24, 2.45) is 5.73 Å². The van der Waals surface area contributed by atoms with E-state index >= 15 is 0 Å². The summed E-state index contributed by atoms with van der Waals surface area (Å²) in [4.78, 5) is 21.4. The van der Waals surface area contributed by atoms with Gasteiger partial charge in [-0.2, -0.15) is 4.68 Å². The molecule has 12 heteroatoms. The van der Waals surface area contributed by atoms with E-state index in [-0.39, 0.29) is 36.4 Å². The van der Waals surface area contributed by atoms with E-state index in [1.165, 1.54) is 6.33 Å². The van der Waals surface area contributed by atoms with Crippen molar-refractivity contribution >= 4 is 36.4 Å². The molecule has 9 nitrogen and oxygen atoms in total. The number of rotatable bonds is 5. The van der Waals surface area contributed by atoms with Gasteiger partial charge in [-0.15, -0.1) is 29.9 Å². The van der Waals surface area contributed by atoms with Crippen LogP contribution in [0.5, 0.6) is 0 Å². The first-order valence-corrected chi connectivity index (χ1v) is 11.6. The van der Waals surface area contributed by atoms with Crippen LogP contribution in [0.15, 0.2) is 71.9 Å². The zero-order valence-corrected chi connectivity index (χ0v) is 21.8. The van der Waals surface area contributed by atoms with Crippen LogP contribution in [0.3, 0.4) is 0 Å². The maximum Gasteiger partial charge on any atom is 0.252 e. The number of hydrogen-bond donors (Lipinski definition) is 2. The summed E-state index contributed by atoms with van der Waals surface area (Å²) in [7, 11) is 0. The van der Waals surface area contributed by atoms with Gasteiger partial charge in [-0.1, -0.05) is 35.9 Å². The molecule has 6 rings (SSSR count). The van der Waals surface area contributed by atoms with E-state index in [2.05, 4.69) is 25.5 Å². The minimum Gasteiger partial charge on any atom is -0.340 e. The summed E-state index contributed by atoms with van der Waals surface area (Å²) >= 11 is 6.30. The summed E-state index contributed by atoms with van der Waals surface area (Å²) < 4.78 is 3.38. The second-order valence-corrected chi connectivity index (χ2v) is 8.93. The molecule has 1 aliphatic heterocycles. The second kappa shape index (κ2) is 10.9. The molecule has 0 bridgehead atoms. The van der Waals surface area contributed by atoms with E-state index in [9.17, 15) is 4.79 Å². The number of fused-ring (bicyclic) bond motifs is 1. The molecular formula is C25H23Cl3N8O. The molecule has 2 aromatic carbocycles. The minimum atomic E-state index is -0.151. The Morgan fingerprint density at radius 1 is 1.05 bits per heavy atom. The van der Waals surface area contributed by atoms with Crippen LogP contribution >= 0.6 is 36.4 Å². The van der Waals surface area contributed by atoms with E-state index in [4.69, 9.17) is 17.3 Å². The van der Waals surface area contributed by atoms with Crippen molar-refractivity contribution in [2.75, 3.05) is 0 Å². The second-order valence-electron chi connectivity index (χ2n) is 8.50. The number of nitrogens with one attached hydrogen (secondary N) is 1. The number of tetrazole rings is 1. The Morgan fingerprint density at radius 2 is 1.86 bits per heavy atom. The first-order chi connectivity index (χ1) is 17.1. The molecule has 1 aliphatic rings. The highest BCUT2D eigenvalue weighted by molar-refractivity contribution is 6.31. The fourth-order valence-electron chi connectivity index (χ4n) is 4.69. The van der Waals surface area contributed by atoms with Gasteiger partial charge in [0.15, 0.2) is 0 Å². The zero-order chi connectivity index (χ0) is 23.9. The van der Waals surface area contributed by atoms with Crippen molar-refractivity contribution in [3.8, 4) is 28.1 Å². The predicted octanol–water partition coefficient (Wildman–Crippen LogP) is 4.37. The van der Waals surface area contributed by atoms with Crippen LogP contribution < -0.4 is 11.3 Å². The number of halogens is 3. The van der Waals surface area contributed by atoms with Gasteiger partial charge < -0.3 is 15.3 Å². The number of pyridine rings is 1. The lowest BCUT2D eigenvalue weighted by Gasteiger charge is -2.15. The van der Waals surface area contributed by atoms with Gasteiger partial charge in [0.05, 0.1) is 23.6 Å². The summed E-state index contributed by atoms with van der Waals surface area (Å²) in [6.45, 7) is 0.505. The number of hydrogen-bond acceptors (Lipinski definition) is 6. The summed E-state index contributed by atoms with van der Waals surface area (Å²) in [5.41, 5.74) is 11.9. The molecule has 0 radical (unpaired) electrons. The van der Waals surface area contributed by atoms with Crippen molar-refractivity contribution in [3.63, 3.8) is 0 Å². The molecule has 0 saturated heterocycles. The van der Waals surface area contributed by atoms with Gasteiger partial charge in [0.25, 0.3) is 5.56 Å². The largest absolute Gasteiger partial charge is 0.340 e. The Bertz CT molecular complexity index is 1580. The van der Waals surface area contributed by atoms with Gasteiger partial charge in [0, 0.05) is 28.9 Å². The monoisotopic (exact) mass is 556 g/mol. The quantitative estimate of drug-likeness (QED) is 0.331. The Labute approximate surface area is 229 Å². The molecule has 3 aromatic heterocycles. The Hall–Kier alpha value is -3.50. The molecule has 1 atom stereocenters. The van der Waals surface area contributed by atoms with Crippen LogP contribution in [0.2, 0.25) is 5.02 Å². The average molecular weight is 558 g/mol. The number of aromatic amines is 1. The third-order valence-corrected chi connectivity index (χ3v) is 6.65. The number of aromatic nitrogens is 7. The van der Waals surface area contributed by atoms with Crippen molar-refractivity contribution in [2.45, 2.75) is 25.4 Å². The maximum absolute atomic E-state index is 13.3. The normalized spacial score (nSPS) is 14.1. The lowest BCUT2D eigenvalue weighted by molar-refractivity contribution is 0.572. The topological polar surface area (TPSA) is 120 Å². The Morgan fingerprint density at radius 3 is 2.59 bits per heavy atom. The molecule has 0 fully saturated rings. The van der Waals surface area contributed by atoms with Gasteiger partial charge >= 0.3 is 0 Å². The van der Waals surface area contributed by atoms with Crippen LogP contribution in [0.25, 0.3) is 28.1 Å². The summed E-state index contributed by atoms with van der Waals surface area (Å²) in [5.74, 6) is 0.772. The van der Waals surface area contributed by atoms with Crippen molar-refractivity contribution in [1.82, 2.24) is 34.7 Å². The number of aryl methyl sites for hydroxylation is 1. The van der Waals surface area contributed by atoms with Crippen LogP contribution in [0.1, 0.15) is 29.5 Å². The summed E-state index contributed by atoms with van der Waals surface area (Å²) in [6.07, 6.45) is 4.87. The van der Waals surface area contributed by atoms with Crippen LogP contribution in [0, 0.1) is 0 Å². The van der Waals surface area contributed by atoms with E-state index < -0.39 is 0 Å². The van der Waals surface area contributed by atoms with Crippen LogP contribution in [-0.4, -0.2) is 34.7 Å². The van der Waals surface area contributed by atoms with Crippen LogP contribution in [-0.2, 0) is 13.0 Å². The summed E-state index contributed by atoms with van der Waals surface area (Å²) in [6, 6.07) is 17.0. The van der Waals surface area contributed by atoms with Crippen LogP contribution in [0.4, 0.5) is 0 Å². The highest BCUT2D eigenvalue weighted by Crippen LogP contribution is 2.34. The fraction of sp³-hybridized carbons (Fsp3) is 0.160. The predicted molar refractivity (Wildman–Crippen MR) is 147 cm³/mol. The standard InChI is InChI=1S/C25H21ClN8O.2ClH/c26-18-5-7-22(33-14-29-31-32-33)20(11-18)17-9-19-6-8-23(34(19)24(35)10-17)25-28-13-21(30-25)16-3-1-15(12-27)2-4-16;;/h1-5,7,9-11,13-14,23H,6,8,12,27H2,(H,28,30);2*1H/t23-;;/m0../s1. The van der Waals surface area contributed by atoms with Gasteiger partial charge in [0.2, 0.25) is 0 Å². The van der Waals surface area contributed by atoms with Gasteiger partial charge in [-0.05, 0) is 64.2 Å². The lowest BCUT2D eigenvalue weighted by atomic mass is 10.0. The number of imidazole rings is 1. The molecule has 5 aromatic rings. The molecule has 3 N–H and O–H groups in total. The van der Waals surface area contributed by atoms with E-state index in [1.807, 2.05) is 53.2 Å². The average Bonchev–Trinajstić information content (AvgIpc) is 3.65. The number of H-pyrrole nitrogens is 1. The van der Waals surface area contributed by atoms with E-state index in [0.29, 0.717) is 11.6 Å². The molecule has 0 amide bonds. The molecule has 0 aliphatic carbocycles. The smallest absolute Gasteiger partial charge is 0.252 e. The molecule has 4 heterocycles. The summed E-state index contributed by atoms with van der Waals surface area (Å²) in [5, 5.41) is 12.0. The zero-order valence-electron chi connectivity index (χ0n) is 19.4. The van der Waals surface area contributed by atoms with E-state index in [1.54, 1.807) is 16.8 Å². The third-order valence-electron chi connectivity index (χ3n) is 6.41. The van der Waals surface area contributed by atoms with Gasteiger partial charge in [0.1, 0.15) is 12.2 Å². The SMILES string of the molecule is Cl.Cl.NCc1ccc(-c2cnc([C@@H]3CCc4cc(-c5cc(Cl)ccc5-n5cnnn5)cc(=O)n43)[nH]2)cc1. The minimum absolute atomic E-state index is 0. The van der Waals surface area contributed by atoms with Gasteiger partial charge in [-0.25, -0.2) is 4.98 Å². The van der Waals surface area contributed by atoms with E-state index in [0.717, 1.165) is 58.0 Å². The molecular weight excluding hydrogens is 535 g/mol. The fourth-order valence-corrected chi connectivity index (χ4v) is 4.87. The van der Waals surface area contributed by atoms with Gasteiger partial charge in [-0.3, -0.25) is 4.79 Å². The molecule has 0 unspecified atom stereocenters. The highest BCUT2D eigenvalue weighted by Gasteiger charge is 2.28. The number of benzene rings is 2. The number of nitrogens with zero attached hydrogens (tertiary/aromatic N) is 6. The first-order valence-electron chi connectivity index (χ1n) is 11.2. The maximum atomic E-state index is 13.3. The van der Waals surface area contributed by atoms with Crippen molar-refractivity contribution in [1.29, 1.82) is 0 Å². The highest BCUT2D eigenvalue weighted by atomic mass is 35.5. The Kier molecular flexibility index (Phi) is 7.79. The molecule has 190 valence electrons. The van der Waals surface area contributed by atoms with Crippen molar-refractivity contribution < 1.29 is 0 Å².